The first-order chi connectivity index (χ1) is 8.56. The number of carbonyl (C=O) groups is 1. The van der Waals surface area contributed by atoms with Crippen LogP contribution < -0.4 is 0 Å². The number of carbonyl (C=O) groups excluding carboxylic acids is 1. The fraction of sp³-hybridized carbons (Fsp3) is 0.250. The lowest BCUT2D eigenvalue weighted by Crippen LogP contribution is -2.26. The maximum absolute atomic E-state index is 12.1. The van der Waals surface area contributed by atoms with Crippen molar-refractivity contribution in [3.63, 3.8) is 0 Å². The molecule has 2 rings (SSSR count). The van der Waals surface area contributed by atoms with Gasteiger partial charge in [0.25, 0.3) is 5.91 Å². The summed E-state index contributed by atoms with van der Waals surface area (Å²) in [6, 6.07) is 1.40. The van der Waals surface area contributed by atoms with Crippen LogP contribution in [0.1, 0.15) is 15.9 Å². The van der Waals surface area contributed by atoms with Gasteiger partial charge in [0.15, 0.2) is 0 Å². The number of nitrogens with zero attached hydrogens (tertiary/aromatic N) is 4. The molecule has 1 N–H and O–H groups in total. The van der Waals surface area contributed by atoms with Gasteiger partial charge < -0.3 is 10.0 Å². The molecule has 18 heavy (non-hydrogen) atoms. The first-order valence-electron chi connectivity index (χ1n) is 5.43. The highest BCUT2D eigenvalue weighted by molar-refractivity contribution is 5.94. The smallest absolute Gasteiger partial charge is 0.255 e. The van der Waals surface area contributed by atoms with Gasteiger partial charge in [0.05, 0.1) is 18.0 Å². The van der Waals surface area contributed by atoms with Crippen LogP contribution in [-0.4, -0.2) is 37.7 Å². The van der Waals surface area contributed by atoms with Gasteiger partial charge in [-0.3, -0.25) is 14.5 Å². The second-order valence-corrected chi connectivity index (χ2v) is 4.12. The predicted molar refractivity (Wildman–Crippen MR) is 64.9 cm³/mol. The van der Waals surface area contributed by atoms with Gasteiger partial charge in [0.2, 0.25) is 0 Å². The zero-order chi connectivity index (χ0) is 13.1. The molecule has 0 atom stereocenters. The minimum absolute atomic E-state index is 0.0179. The van der Waals surface area contributed by atoms with Crippen LogP contribution in [0.5, 0.6) is 5.75 Å². The summed E-state index contributed by atoms with van der Waals surface area (Å²) in [6.45, 7) is 0.461. The highest BCUT2D eigenvalue weighted by atomic mass is 16.3. The average molecular weight is 246 g/mol. The van der Waals surface area contributed by atoms with Crippen molar-refractivity contribution in [2.45, 2.75) is 6.54 Å². The summed E-state index contributed by atoms with van der Waals surface area (Å²) in [5.74, 6) is -0.210. The van der Waals surface area contributed by atoms with E-state index in [0.717, 1.165) is 5.56 Å². The third-order valence-electron chi connectivity index (χ3n) is 2.50. The fourth-order valence-corrected chi connectivity index (χ4v) is 1.66. The molecule has 0 unspecified atom stereocenters. The van der Waals surface area contributed by atoms with Crippen LogP contribution in [-0.2, 0) is 13.6 Å². The number of aryl methyl sites for hydroxylation is 1. The second kappa shape index (κ2) is 4.87. The maximum Gasteiger partial charge on any atom is 0.255 e. The molecule has 0 fully saturated rings. The van der Waals surface area contributed by atoms with Crippen LogP contribution in [0.3, 0.4) is 0 Å². The van der Waals surface area contributed by atoms with Gasteiger partial charge in [-0.25, -0.2) is 0 Å². The average Bonchev–Trinajstić information content (AvgIpc) is 2.73. The van der Waals surface area contributed by atoms with Crippen molar-refractivity contribution in [1.82, 2.24) is 19.7 Å². The molecule has 2 aromatic heterocycles. The Morgan fingerprint density at radius 3 is 2.83 bits per heavy atom. The molecule has 0 bridgehead atoms. The maximum atomic E-state index is 12.1. The number of rotatable bonds is 3. The lowest BCUT2D eigenvalue weighted by Gasteiger charge is -2.15. The molecule has 94 valence electrons. The Morgan fingerprint density at radius 2 is 2.22 bits per heavy atom. The lowest BCUT2D eigenvalue weighted by atomic mass is 10.2. The lowest BCUT2D eigenvalue weighted by molar-refractivity contribution is 0.0784. The van der Waals surface area contributed by atoms with Gasteiger partial charge in [-0.1, -0.05) is 0 Å². The Morgan fingerprint density at radius 1 is 1.44 bits per heavy atom. The third kappa shape index (κ3) is 2.65. The first-order valence-corrected chi connectivity index (χ1v) is 5.43. The largest absolute Gasteiger partial charge is 0.506 e. The van der Waals surface area contributed by atoms with Crippen LogP contribution in [0.25, 0.3) is 0 Å². The number of hydrogen-bond donors (Lipinski definition) is 1. The molecule has 0 aliphatic heterocycles. The molecule has 6 heteroatoms. The van der Waals surface area contributed by atoms with E-state index >= 15 is 0 Å². The summed E-state index contributed by atoms with van der Waals surface area (Å²) < 4.78 is 1.68. The summed E-state index contributed by atoms with van der Waals surface area (Å²) in [5, 5.41) is 13.3. The normalized spacial score (nSPS) is 10.3. The fourth-order valence-electron chi connectivity index (χ4n) is 1.66. The van der Waals surface area contributed by atoms with Crippen LogP contribution in [0.4, 0.5) is 0 Å². The quantitative estimate of drug-likeness (QED) is 0.869. The van der Waals surface area contributed by atoms with Crippen LogP contribution >= 0.6 is 0 Å². The predicted octanol–water partition coefficient (Wildman–Crippen LogP) is 0.793. The molecule has 6 nitrogen and oxygen atoms in total. The molecular weight excluding hydrogens is 232 g/mol. The van der Waals surface area contributed by atoms with E-state index in [2.05, 4.69) is 10.1 Å². The Kier molecular flexibility index (Phi) is 3.27. The van der Waals surface area contributed by atoms with Gasteiger partial charge in [0.1, 0.15) is 5.75 Å². The van der Waals surface area contributed by atoms with Crippen molar-refractivity contribution in [2.75, 3.05) is 7.05 Å². The molecule has 0 aliphatic rings. The molecule has 0 saturated carbocycles. The second-order valence-electron chi connectivity index (χ2n) is 4.12. The van der Waals surface area contributed by atoms with Crippen molar-refractivity contribution in [2.24, 2.45) is 7.05 Å². The molecule has 0 radical (unpaired) electrons. The standard InChI is InChI=1S/C12H14N4O2/c1-15(7-9-4-14-16(2)8-9)12(18)10-3-11(17)6-13-5-10/h3-6,8,17H,7H2,1-2H3. The molecule has 0 aromatic carbocycles. The number of aromatic nitrogens is 3. The van der Waals surface area contributed by atoms with Crippen molar-refractivity contribution in [3.05, 3.63) is 42.0 Å². The number of hydrogen-bond acceptors (Lipinski definition) is 4. The van der Waals surface area contributed by atoms with E-state index in [1.807, 2.05) is 13.2 Å². The molecule has 1 amide bonds. The molecular formula is C12H14N4O2. The van der Waals surface area contributed by atoms with Gasteiger partial charge in [-0.15, -0.1) is 0 Å². The van der Waals surface area contributed by atoms with E-state index in [4.69, 9.17) is 0 Å². The number of pyridine rings is 1. The van der Waals surface area contributed by atoms with Crippen LogP contribution in [0.15, 0.2) is 30.9 Å². The van der Waals surface area contributed by atoms with Crippen LogP contribution in [0.2, 0.25) is 0 Å². The van der Waals surface area contributed by atoms with Crippen molar-refractivity contribution >= 4 is 5.91 Å². The van der Waals surface area contributed by atoms with Gasteiger partial charge in [-0.05, 0) is 6.07 Å². The molecule has 0 saturated heterocycles. The molecule has 0 spiro atoms. The molecule has 2 heterocycles. The Bertz CT molecular complexity index is 565. The van der Waals surface area contributed by atoms with Gasteiger partial charge >= 0.3 is 0 Å². The zero-order valence-electron chi connectivity index (χ0n) is 10.2. The summed E-state index contributed by atoms with van der Waals surface area (Å²) in [4.78, 5) is 17.4. The zero-order valence-corrected chi connectivity index (χ0v) is 10.2. The van der Waals surface area contributed by atoms with E-state index in [1.54, 1.807) is 22.8 Å². The summed E-state index contributed by atoms with van der Waals surface area (Å²) in [5.41, 5.74) is 1.31. The molecule has 0 aliphatic carbocycles. The van der Waals surface area contributed by atoms with Crippen molar-refractivity contribution in [3.8, 4) is 5.75 Å². The highest BCUT2D eigenvalue weighted by Gasteiger charge is 2.13. The minimum atomic E-state index is -0.192. The Hall–Kier alpha value is -2.37. The summed E-state index contributed by atoms with van der Waals surface area (Å²) in [6.07, 6.45) is 6.29. The Labute approximate surface area is 104 Å². The van der Waals surface area contributed by atoms with Gasteiger partial charge in [0, 0.05) is 38.6 Å². The van der Waals surface area contributed by atoms with Crippen molar-refractivity contribution < 1.29 is 9.90 Å². The monoisotopic (exact) mass is 246 g/mol. The van der Waals surface area contributed by atoms with E-state index < -0.39 is 0 Å². The summed E-state index contributed by atoms with van der Waals surface area (Å²) in [7, 11) is 3.52. The van der Waals surface area contributed by atoms with E-state index in [9.17, 15) is 9.90 Å². The number of aromatic hydroxyl groups is 1. The van der Waals surface area contributed by atoms with E-state index in [-0.39, 0.29) is 11.7 Å². The third-order valence-corrected chi connectivity index (χ3v) is 2.50. The van der Waals surface area contributed by atoms with Crippen LogP contribution in [0, 0.1) is 0 Å². The molecule has 2 aromatic rings. The van der Waals surface area contributed by atoms with E-state index in [1.165, 1.54) is 18.5 Å². The highest BCUT2D eigenvalue weighted by Crippen LogP contribution is 2.12. The topological polar surface area (TPSA) is 71.2 Å². The SMILES string of the molecule is CN(Cc1cnn(C)c1)C(=O)c1cncc(O)c1. The minimum Gasteiger partial charge on any atom is -0.506 e. The van der Waals surface area contributed by atoms with Gasteiger partial charge in [-0.2, -0.15) is 5.10 Å². The van der Waals surface area contributed by atoms with Crippen molar-refractivity contribution in [1.29, 1.82) is 0 Å². The first kappa shape index (κ1) is 12.1. The number of amides is 1. The summed E-state index contributed by atoms with van der Waals surface area (Å²) >= 11 is 0. The van der Waals surface area contributed by atoms with E-state index in [0.29, 0.717) is 12.1 Å². The Balaban J connectivity index is 2.09.